The van der Waals surface area contributed by atoms with Crippen LogP contribution in [0, 0.1) is 0 Å². The first-order chi connectivity index (χ1) is 6.35. The third kappa shape index (κ3) is 2.11. The van der Waals surface area contributed by atoms with Crippen LogP contribution in [0.3, 0.4) is 0 Å². The van der Waals surface area contributed by atoms with Crippen LogP contribution in [-0.4, -0.2) is 12.1 Å². The molecule has 2 nitrogen and oxygen atoms in total. The SMILES string of the molecule is COCc1nc(C2CC2)sc1CBr. The summed E-state index contributed by atoms with van der Waals surface area (Å²) in [5.74, 6) is 0.758. The van der Waals surface area contributed by atoms with Gasteiger partial charge in [0.05, 0.1) is 17.3 Å². The minimum atomic E-state index is 0.643. The zero-order valence-electron chi connectivity index (χ0n) is 7.55. The Labute approximate surface area is 90.5 Å². The molecule has 1 aliphatic carbocycles. The molecule has 1 fully saturated rings. The third-order valence-corrected chi connectivity index (χ3v) is 4.32. The van der Waals surface area contributed by atoms with Crippen LogP contribution < -0.4 is 0 Å². The maximum atomic E-state index is 5.11. The van der Waals surface area contributed by atoms with Crippen LogP contribution >= 0.6 is 27.3 Å². The summed E-state index contributed by atoms with van der Waals surface area (Å²) in [7, 11) is 1.72. The molecule has 0 N–H and O–H groups in total. The number of aromatic nitrogens is 1. The molecule has 0 atom stereocenters. The van der Waals surface area contributed by atoms with Crippen molar-refractivity contribution in [3.63, 3.8) is 0 Å². The second kappa shape index (κ2) is 4.07. The maximum Gasteiger partial charge on any atom is 0.0963 e. The highest BCUT2D eigenvalue weighted by molar-refractivity contribution is 9.08. The van der Waals surface area contributed by atoms with Crippen molar-refractivity contribution in [2.45, 2.75) is 30.7 Å². The monoisotopic (exact) mass is 261 g/mol. The molecule has 1 aliphatic rings. The second-order valence-electron chi connectivity index (χ2n) is 3.26. The number of thiazole rings is 1. The lowest BCUT2D eigenvalue weighted by Crippen LogP contribution is -1.91. The van der Waals surface area contributed by atoms with Crippen LogP contribution in [0.4, 0.5) is 0 Å². The summed E-state index contributed by atoms with van der Waals surface area (Å²) < 4.78 is 5.11. The number of alkyl halides is 1. The van der Waals surface area contributed by atoms with Gasteiger partial charge in [-0.25, -0.2) is 4.98 Å². The van der Waals surface area contributed by atoms with Crippen LogP contribution in [0.1, 0.15) is 34.3 Å². The maximum absolute atomic E-state index is 5.11. The molecular formula is C9H12BrNOS. The van der Waals surface area contributed by atoms with Gasteiger partial charge in [0.25, 0.3) is 0 Å². The minimum absolute atomic E-state index is 0.643. The normalized spacial score (nSPS) is 16.5. The van der Waals surface area contributed by atoms with E-state index in [1.54, 1.807) is 7.11 Å². The number of hydrogen-bond donors (Lipinski definition) is 0. The minimum Gasteiger partial charge on any atom is -0.378 e. The lowest BCUT2D eigenvalue weighted by Gasteiger charge is -1.95. The Morgan fingerprint density at radius 2 is 2.38 bits per heavy atom. The van der Waals surface area contributed by atoms with Crippen molar-refractivity contribution in [1.29, 1.82) is 0 Å². The Morgan fingerprint density at radius 1 is 1.62 bits per heavy atom. The van der Waals surface area contributed by atoms with Gasteiger partial charge >= 0.3 is 0 Å². The van der Waals surface area contributed by atoms with E-state index in [9.17, 15) is 0 Å². The number of hydrogen-bond acceptors (Lipinski definition) is 3. The molecule has 0 unspecified atom stereocenters. The van der Waals surface area contributed by atoms with Gasteiger partial charge in [0.15, 0.2) is 0 Å². The van der Waals surface area contributed by atoms with E-state index in [2.05, 4.69) is 20.9 Å². The molecule has 13 heavy (non-hydrogen) atoms. The van der Waals surface area contributed by atoms with E-state index in [1.165, 1.54) is 22.7 Å². The van der Waals surface area contributed by atoms with Gasteiger partial charge in [-0.05, 0) is 12.8 Å². The van der Waals surface area contributed by atoms with Crippen molar-refractivity contribution in [3.8, 4) is 0 Å². The molecule has 0 aromatic carbocycles. The van der Waals surface area contributed by atoms with Gasteiger partial charge in [-0.2, -0.15) is 0 Å². The van der Waals surface area contributed by atoms with Gasteiger partial charge in [0.1, 0.15) is 0 Å². The standard InChI is InChI=1S/C9H12BrNOS/c1-12-5-7-8(4-10)13-9(11-7)6-2-3-6/h6H,2-5H2,1H3. The molecule has 0 aliphatic heterocycles. The summed E-state index contributed by atoms with van der Waals surface area (Å²) in [6, 6.07) is 0. The van der Waals surface area contributed by atoms with Gasteiger partial charge in [0.2, 0.25) is 0 Å². The van der Waals surface area contributed by atoms with Crippen molar-refractivity contribution in [2.24, 2.45) is 0 Å². The molecule has 0 amide bonds. The van der Waals surface area contributed by atoms with Crippen molar-refractivity contribution in [1.82, 2.24) is 4.98 Å². The first kappa shape index (κ1) is 9.62. The molecule has 0 bridgehead atoms. The van der Waals surface area contributed by atoms with Crippen LogP contribution in [0.15, 0.2) is 0 Å². The molecule has 1 aromatic heterocycles. The molecule has 2 rings (SSSR count). The molecular weight excluding hydrogens is 250 g/mol. The van der Waals surface area contributed by atoms with Crippen LogP contribution in [0.5, 0.6) is 0 Å². The topological polar surface area (TPSA) is 22.1 Å². The Bertz CT molecular complexity index is 296. The summed E-state index contributed by atoms with van der Waals surface area (Å²) in [6.45, 7) is 0.643. The number of ether oxygens (including phenoxy) is 1. The highest BCUT2D eigenvalue weighted by Crippen LogP contribution is 2.43. The van der Waals surface area contributed by atoms with Gasteiger partial charge in [-0.15, -0.1) is 11.3 Å². The van der Waals surface area contributed by atoms with Crippen LogP contribution in [0.25, 0.3) is 0 Å². The lowest BCUT2D eigenvalue weighted by atomic mass is 10.4. The summed E-state index contributed by atoms with van der Waals surface area (Å²) in [6.07, 6.45) is 2.64. The fraction of sp³-hybridized carbons (Fsp3) is 0.667. The Morgan fingerprint density at radius 3 is 2.92 bits per heavy atom. The molecule has 0 saturated heterocycles. The fourth-order valence-corrected chi connectivity index (χ4v) is 3.02. The van der Waals surface area contributed by atoms with Gasteiger partial charge in [-0.1, -0.05) is 15.9 Å². The first-order valence-electron chi connectivity index (χ1n) is 4.38. The Kier molecular flexibility index (Phi) is 3.01. The van der Waals surface area contributed by atoms with E-state index < -0.39 is 0 Å². The molecule has 4 heteroatoms. The summed E-state index contributed by atoms with van der Waals surface area (Å²) in [4.78, 5) is 5.92. The fourth-order valence-electron chi connectivity index (χ4n) is 1.26. The number of rotatable bonds is 4. The predicted molar refractivity (Wildman–Crippen MR) is 57.4 cm³/mol. The van der Waals surface area contributed by atoms with Crippen LogP contribution in [0.2, 0.25) is 0 Å². The number of methoxy groups -OCH3 is 1. The van der Waals surface area contributed by atoms with Gasteiger partial charge in [0, 0.05) is 23.2 Å². The second-order valence-corrected chi connectivity index (χ2v) is 4.94. The Hall–Kier alpha value is 0.0700. The summed E-state index contributed by atoms with van der Waals surface area (Å²) in [5.41, 5.74) is 1.12. The number of nitrogens with zero attached hydrogens (tertiary/aromatic N) is 1. The average molecular weight is 262 g/mol. The Balaban J connectivity index is 2.20. The molecule has 0 spiro atoms. The van der Waals surface area contributed by atoms with E-state index in [4.69, 9.17) is 4.74 Å². The van der Waals surface area contributed by atoms with E-state index in [-0.39, 0.29) is 0 Å². The smallest absolute Gasteiger partial charge is 0.0963 e. The molecule has 0 radical (unpaired) electrons. The van der Waals surface area contributed by atoms with E-state index in [0.717, 1.165) is 16.9 Å². The summed E-state index contributed by atoms with van der Waals surface area (Å²) >= 11 is 5.31. The first-order valence-corrected chi connectivity index (χ1v) is 6.32. The van der Waals surface area contributed by atoms with Crippen molar-refractivity contribution in [3.05, 3.63) is 15.6 Å². The molecule has 1 heterocycles. The predicted octanol–water partition coefficient (Wildman–Crippen LogP) is 3.06. The highest BCUT2D eigenvalue weighted by Gasteiger charge is 2.27. The van der Waals surface area contributed by atoms with Crippen LogP contribution in [-0.2, 0) is 16.7 Å². The molecule has 1 saturated carbocycles. The lowest BCUT2D eigenvalue weighted by molar-refractivity contribution is 0.181. The van der Waals surface area contributed by atoms with E-state index >= 15 is 0 Å². The summed E-state index contributed by atoms with van der Waals surface area (Å²) in [5, 5.41) is 2.21. The third-order valence-electron chi connectivity index (χ3n) is 2.12. The largest absolute Gasteiger partial charge is 0.378 e. The van der Waals surface area contributed by atoms with Gasteiger partial charge in [-0.3, -0.25) is 0 Å². The van der Waals surface area contributed by atoms with Crippen molar-refractivity contribution in [2.75, 3.05) is 7.11 Å². The van der Waals surface area contributed by atoms with Crippen molar-refractivity contribution < 1.29 is 4.74 Å². The molecule has 72 valence electrons. The quantitative estimate of drug-likeness (QED) is 0.778. The van der Waals surface area contributed by atoms with Crippen molar-refractivity contribution >= 4 is 27.3 Å². The van der Waals surface area contributed by atoms with E-state index in [1.807, 2.05) is 11.3 Å². The van der Waals surface area contributed by atoms with Gasteiger partial charge < -0.3 is 4.74 Å². The van der Waals surface area contributed by atoms with E-state index in [0.29, 0.717) is 6.61 Å². The zero-order valence-corrected chi connectivity index (χ0v) is 9.95. The molecule has 1 aromatic rings. The zero-order chi connectivity index (χ0) is 9.26. The highest BCUT2D eigenvalue weighted by atomic mass is 79.9. The number of halogens is 1. The average Bonchev–Trinajstić information content (AvgIpc) is 2.90.